The molecule has 0 aliphatic heterocycles. The van der Waals surface area contributed by atoms with Crippen molar-refractivity contribution in [3.63, 3.8) is 0 Å². The Morgan fingerprint density at radius 2 is 1.46 bits per heavy atom. The Hall–Kier alpha value is -3.96. The summed E-state index contributed by atoms with van der Waals surface area (Å²) in [4.78, 5) is 29.6. The van der Waals surface area contributed by atoms with E-state index in [1.54, 1.807) is 18.2 Å². The van der Waals surface area contributed by atoms with Crippen molar-refractivity contribution in [1.29, 1.82) is 0 Å². The lowest BCUT2D eigenvalue weighted by Gasteiger charge is -2.34. The topological polar surface area (TPSA) is 105 Å². The van der Waals surface area contributed by atoms with Gasteiger partial charge in [-0.2, -0.15) is 0 Å². The normalized spacial score (nSPS) is 11.9. The van der Waals surface area contributed by atoms with Crippen molar-refractivity contribution >= 4 is 62.3 Å². The number of rotatable bonds is 14. The third-order valence-electron chi connectivity index (χ3n) is 7.38. The molecular weight excluding hydrogens is 697 g/mol. The van der Waals surface area contributed by atoms with E-state index < -0.39 is 34.4 Å². The van der Waals surface area contributed by atoms with Crippen molar-refractivity contribution < 1.29 is 27.5 Å². The van der Waals surface area contributed by atoms with Crippen LogP contribution in [0.25, 0.3) is 0 Å². The quantitative estimate of drug-likeness (QED) is 0.149. The molecule has 0 radical (unpaired) electrons. The first-order valence-electron chi connectivity index (χ1n) is 14.9. The molecule has 4 aromatic rings. The predicted octanol–water partition coefficient (Wildman–Crippen LogP) is 7.02. The maximum absolute atomic E-state index is 14.6. The maximum Gasteiger partial charge on any atom is 0.264 e. The van der Waals surface area contributed by atoms with Crippen LogP contribution in [-0.4, -0.2) is 58.0 Å². The lowest BCUT2D eigenvalue weighted by atomic mass is 10.0. The van der Waals surface area contributed by atoms with Gasteiger partial charge in [-0.1, -0.05) is 71.2 Å². The Balaban J connectivity index is 1.84. The summed E-state index contributed by atoms with van der Waals surface area (Å²) in [5.41, 5.74) is 1.58. The van der Waals surface area contributed by atoms with Gasteiger partial charge in [0.05, 0.1) is 34.8 Å². The van der Waals surface area contributed by atoms with Crippen LogP contribution < -0.4 is 19.1 Å². The van der Waals surface area contributed by atoms with Gasteiger partial charge in [-0.3, -0.25) is 13.9 Å². The number of halogens is 3. The average Bonchev–Trinajstić information content (AvgIpc) is 3.06. The van der Waals surface area contributed by atoms with Crippen molar-refractivity contribution in [2.45, 2.75) is 43.8 Å². The number of anilines is 1. The summed E-state index contributed by atoms with van der Waals surface area (Å²) >= 11 is 18.7. The van der Waals surface area contributed by atoms with E-state index in [2.05, 4.69) is 5.32 Å². The largest absolute Gasteiger partial charge is 0.493 e. The molecule has 0 saturated heterocycles. The van der Waals surface area contributed by atoms with E-state index in [-0.39, 0.29) is 40.4 Å². The zero-order chi connectivity index (χ0) is 35.0. The summed E-state index contributed by atoms with van der Waals surface area (Å²) in [5.74, 6) is -0.517. The van der Waals surface area contributed by atoms with Gasteiger partial charge in [0.25, 0.3) is 10.0 Å². The molecule has 0 bridgehead atoms. The second-order valence-corrected chi connectivity index (χ2v) is 14.3. The van der Waals surface area contributed by atoms with Gasteiger partial charge in [-0.05, 0) is 73.5 Å². The molecule has 1 unspecified atom stereocenters. The third-order valence-corrected chi connectivity index (χ3v) is 10.1. The molecular formula is C35H36Cl3N3O6S. The highest BCUT2D eigenvalue weighted by molar-refractivity contribution is 7.92. The predicted molar refractivity (Wildman–Crippen MR) is 190 cm³/mol. The smallest absolute Gasteiger partial charge is 0.264 e. The molecule has 4 rings (SSSR count). The van der Waals surface area contributed by atoms with Crippen LogP contribution in [0.5, 0.6) is 11.5 Å². The minimum atomic E-state index is -4.39. The Kier molecular flexibility index (Phi) is 12.6. The zero-order valence-corrected chi connectivity index (χ0v) is 29.9. The van der Waals surface area contributed by atoms with Gasteiger partial charge in [0.1, 0.15) is 12.6 Å². The molecule has 48 heavy (non-hydrogen) atoms. The number of nitrogens with one attached hydrogen (secondary N) is 1. The Morgan fingerprint density at radius 1 is 0.792 bits per heavy atom. The number of methoxy groups -OCH3 is 2. The molecule has 0 heterocycles. The van der Waals surface area contributed by atoms with Crippen molar-refractivity contribution in [2.24, 2.45) is 0 Å². The number of sulfonamides is 1. The number of hydrogen-bond acceptors (Lipinski definition) is 6. The SMILES string of the molecule is COc1ccc(S(=O)(=O)N(CC(=O)N(Cc2ccc(Cl)c(Cl)c2)C(Cc2ccccc2)C(=O)NC(C)C)c2ccc(Cl)cc2)cc1OC. The van der Waals surface area contributed by atoms with Gasteiger partial charge in [-0.25, -0.2) is 8.42 Å². The summed E-state index contributed by atoms with van der Waals surface area (Å²) in [6.45, 7) is 2.92. The minimum Gasteiger partial charge on any atom is -0.493 e. The second-order valence-electron chi connectivity index (χ2n) is 11.1. The van der Waals surface area contributed by atoms with Crippen LogP contribution in [0.2, 0.25) is 15.1 Å². The van der Waals surface area contributed by atoms with Crippen LogP contribution in [0.4, 0.5) is 5.69 Å². The second kappa shape index (κ2) is 16.4. The monoisotopic (exact) mass is 731 g/mol. The van der Waals surface area contributed by atoms with Crippen LogP contribution in [0, 0.1) is 0 Å². The number of carbonyl (C=O) groups is 2. The lowest BCUT2D eigenvalue weighted by Crippen LogP contribution is -2.54. The number of benzene rings is 4. The fourth-order valence-electron chi connectivity index (χ4n) is 5.01. The highest BCUT2D eigenvalue weighted by Crippen LogP contribution is 2.33. The van der Waals surface area contributed by atoms with Gasteiger partial charge in [0.15, 0.2) is 11.5 Å². The summed E-state index contributed by atoms with van der Waals surface area (Å²) < 4.78 is 40.3. The van der Waals surface area contributed by atoms with Crippen LogP contribution in [0.3, 0.4) is 0 Å². The molecule has 0 saturated carbocycles. The fraction of sp³-hybridized carbons (Fsp3) is 0.257. The summed E-state index contributed by atoms with van der Waals surface area (Å²) in [6, 6.07) is 23.1. The van der Waals surface area contributed by atoms with Crippen LogP contribution in [0.1, 0.15) is 25.0 Å². The summed E-state index contributed by atoms with van der Waals surface area (Å²) in [5, 5.41) is 3.90. The Bertz CT molecular complexity index is 1840. The minimum absolute atomic E-state index is 0.0659. The third kappa shape index (κ3) is 9.14. The van der Waals surface area contributed by atoms with Gasteiger partial charge < -0.3 is 19.7 Å². The molecule has 2 amide bonds. The average molecular weight is 733 g/mol. The van der Waals surface area contributed by atoms with Crippen LogP contribution >= 0.6 is 34.8 Å². The molecule has 1 N–H and O–H groups in total. The number of nitrogens with zero attached hydrogens (tertiary/aromatic N) is 2. The van der Waals surface area contributed by atoms with Crippen molar-refractivity contribution in [1.82, 2.24) is 10.2 Å². The zero-order valence-electron chi connectivity index (χ0n) is 26.8. The molecule has 0 fully saturated rings. The molecule has 0 aliphatic rings. The molecule has 254 valence electrons. The standard InChI is InChI=1S/C35H36Cl3N3O6S/c1-23(2)39-35(43)31(19-24-8-6-5-7-9-24)40(21-25-10-16-29(37)30(38)18-25)34(42)22-41(27-13-11-26(36)12-14-27)48(44,45)28-15-17-32(46-3)33(20-28)47-4/h5-18,20,23,31H,19,21-22H2,1-4H3,(H,39,43). The maximum atomic E-state index is 14.6. The molecule has 4 aromatic carbocycles. The molecule has 0 spiro atoms. The fourth-order valence-corrected chi connectivity index (χ4v) is 6.89. The van der Waals surface area contributed by atoms with E-state index in [1.807, 2.05) is 44.2 Å². The van der Waals surface area contributed by atoms with Crippen molar-refractivity contribution in [3.8, 4) is 11.5 Å². The van der Waals surface area contributed by atoms with E-state index in [1.165, 1.54) is 61.6 Å². The van der Waals surface area contributed by atoms with Gasteiger partial charge in [0.2, 0.25) is 11.8 Å². The first-order valence-corrected chi connectivity index (χ1v) is 17.5. The summed E-state index contributed by atoms with van der Waals surface area (Å²) in [6.07, 6.45) is 0.163. The number of ether oxygens (including phenoxy) is 2. The van der Waals surface area contributed by atoms with Gasteiger partial charge in [-0.15, -0.1) is 0 Å². The van der Waals surface area contributed by atoms with Crippen LogP contribution in [0.15, 0.2) is 95.9 Å². The van der Waals surface area contributed by atoms with Gasteiger partial charge >= 0.3 is 0 Å². The number of hydrogen-bond donors (Lipinski definition) is 1. The van der Waals surface area contributed by atoms with E-state index >= 15 is 0 Å². The number of amides is 2. The van der Waals surface area contributed by atoms with E-state index in [0.717, 1.165) is 9.87 Å². The highest BCUT2D eigenvalue weighted by Gasteiger charge is 2.35. The first-order chi connectivity index (χ1) is 22.8. The molecule has 1 atom stereocenters. The molecule has 13 heteroatoms. The lowest BCUT2D eigenvalue weighted by molar-refractivity contribution is -0.140. The highest BCUT2D eigenvalue weighted by atomic mass is 35.5. The molecule has 0 aliphatic carbocycles. The van der Waals surface area contributed by atoms with E-state index in [4.69, 9.17) is 44.3 Å². The first kappa shape index (κ1) is 36.9. The van der Waals surface area contributed by atoms with E-state index in [9.17, 15) is 18.0 Å². The molecule has 0 aromatic heterocycles. The van der Waals surface area contributed by atoms with E-state index in [0.29, 0.717) is 21.4 Å². The Labute approximate surface area is 296 Å². The summed E-state index contributed by atoms with van der Waals surface area (Å²) in [7, 11) is -1.56. The van der Waals surface area contributed by atoms with Crippen molar-refractivity contribution in [3.05, 3.63) is 117 Å². The number of carbonyl (C=O) groups excluding carboxylic acids is 2. The Morgan fingerprint density at radius 3 is 2.06 bits per heavy atom. The van der Waals surface area contributed by atoms with Crippen LogP contribution in [-0.2, 0) is 32.6 Å². The van der Waals surface area contributed by atoms with Crippen molar-refractivity contribution in [2.75, 3.05) is 25.1 Å². The van der Waals surface area contributed by atoms with Gasteiger partial charge in [0, 0.05) is 30.1 Å². The molecule has 9 nitrogen and oxygen atoms in total.